The average Bonchev–Trinajstić information content (AvgIpc) is 2.91. The number of rotatable bonds is 2. The van der Waals surface area contributed by atoms with Gasteiger partial charge >= 0.3 is 5.97 Å². The van der Waals surface area contributed by atoms with Crippen molar-refractivity contribution in [3.05, 3.63) is 51.3 Å². The van der Waals surface area contributed by atoms with E-state index in [9.17, 15) is 9.90 Å². The third-order valence-electron chi connectivity index (χ3n) is 2.84. The van der Waals surface area contributed by atoms with Crippen molar-refractivity contribution in [2.45, 2.75) is 0 Å². The summed E-state index contributed by atoms with van der Waals surface area (Å²) in [5, 5.41) is 12.4. The van der Waals surface area contributed by atoms with Gasteiger partial charge in [-0.1, -0.05) is 29.3 Å². The number of thiophene rings is 1. The minimum atomic E-state index is -1.03. The number of pyridine rings is 1. The lowest BCUT2D eigenvalue weighted by atomic mass is 10.1. The van der Waals surface area contributed by atoms with Crippen molar-refractivity contribution in [3.63, 3.8) is 0 Å². The molecule has 3 nitrogen and oxygen atoms in total. The van der Waals surface area contributed by atoms with E-state index >= 15 is 0 Å². The Bertz CT molecular complexity index is 816. The number of carbonyl (C=O) groups is 1. The molecule has 0 aliphatic carbocycles. The van der Waals surface area contributed by atoms with Crippen molar-refractivity contribution in [3.8, 4) is 10.6 Å². The maximum absolute atomic E-state index is 11.4. The van der Waals surface area contributed by atoms with Crippen LogP contribution in [0.4, 0.5) is 0 Å². The van der Waals surface area contributed by atoms with Gasteiger partial charge in [0.2, 0.25) is 0 Å². The summed E-state index contributed by atoms with van der Waals surface area (Å²) in [6.45, 7) is 0. The highest BCUT2D eigenvalue weighted by Gasteiger charge is 2.16. The second-order valence-corrected chi connectivity index (χ2v) is 5.91. The quantitative estimate of drug-likeness (QED) is 0.724. The van der Waals surface area contributed by atoms with Crippen molar-refractivity contribution < 1.29 is 9.90 Å². The Balaban J connectivity index is 2.40. The van der Waals surface area contributed by atoms with Crippen molar-refractivity contribution in [1.29, 1.82) is 0 Å². The van der Waals surface area contributed by atoms with E-state index in [1.165, 1.54) is 11.3 Å². The Morgan fingerprint density at radius 3 is 2.70 bits per heavy atom. The number of benzene rings is 1. The van der Waals surface area contributed by atoms with Crippen LogP contribution in [-0.2, 0) is 0 Å². The Morgan fingerprint density at radius 2 is 2.05 bits per heavy atom. The summed E-state index contributed by atoms with van der Waals surface area (Å²) in [6, 6.07) is 8.44. The normalized spacial score (nSPS) is 10.9. The monoisotopic (exact) mass is 323 g/mol. The van der Waals surface area contributed by atoms with Crippen LogP contribution >= 0.6 is 34.5 Å². The third-order valence-corrected chi connectivity index (χ3v) is 4.23. The number of halogens is 2. The maximum Gasteiger partial charge on any atom is 0.336 e. The van der Waals surface area contributed by atoms with E-state index in [0.717, 1.165) is 4.88 Å². The number of carboxylic acids is 1. The molecule has 3 rings (SSSR count). The van der Waals surface area contributed by atoms with Crippen LogP contribution in [-0.4, -0.2) is 16.1 Å². The van der Waals surface area contributed by atoms with E-state index in [1.54, 1.807) is 18.2 Å². The summed E-state index contributed by atoms with van der Waals surface area (Å²) in [6.07, 6.45) is 0. The van der Waals surface area contributed by atoms with Gasteiger partial charge in [0.1, 0.15) is 0 Å². The van der Waals surface area contributed by atoms with Crippen LogP contribution in [0.5, 0.6) is 0 Å². The predicted octanol–water partition coefficient (Wildman–Crippen LogP) is 4.97. The molecule has 0 spiro atoms. The molecule has 0 unspecified atom stereocenters. The van der Waals surface area contributed by atoms with Gasteiger partial charge in [-0.3, -0.25) is 0 Å². The molecule has 3 aromatic rings. The van der Waals surface area contributed by atoms with Gasteiger partial charge in [-0.05, 0) is 29.6 Å². The van der Waals surface area contributed by atoms with Crippen LogP contribution in [0.1, 0.15) is 10.4 Å². The molecular weight excluding hydrogens is 317 g/mol. The van der Waals surface area contributed by atoms with E-state index in [4.69, 9.17) is 23.2 Å². The lowest BCUT2D eigenvalue weighted by Gasteiger charge is -2.07. The first-order valence-corrected chi connectivity index (χ1v) is 7.27. The summed E-state index contributed by atoms with van der Waals surface area (Å²) in [7, 11) is 0. The van der Waals surface area contributed by atoms with E-state index in [-0.39, 0.29) is 5.56 Å². The second kappa shape index (κ2) is 5.05. The first kappa shape index (κ1) is 13.4. The summed E-state index contributed by atoms with van der Waals surface area (Å²) in [5.41, 5.74) is 1.18. The van der Waals surface area contributed by atoms with Crippen LogP contribution in [0.15, 0.2) is 35.7 Å². The second-order valence-electron chi connectivity index (χ2n) is 4.12. The molecule has 100 valence electrons. The predicted molar refractivity (Wildman–Crippen MR) is 82.0 cm³/mol. The molecule has 20 heavy (non-hydrogen) atoms. The van der Waals surface area contributed by atoms with E-state index < -0.39 is 5.97 Å². The highest BCUT2D eigenvalue weighted by molar-refractivity contribution is 7.13. The van der Waals surface area contributed by atoms with Gasteiger partial charge in [-0.25, -0.2) is 9.78 Å². The summed E-state index contributed by atoms with van der Waals surface area (Å²) in [5.74, 6) is -1.03. The molecule has 0 fully saturated rings. The third kappa shape index (κ3) is 2.26. The van der Waals surface area contributed by atoms with Crippen molar-refractivity contribution in [2.24, 2.45) is 0 Å². The van der Waals surface area contributed by atoms with Gasteiger partial charge in [0.25, 0.3) is 0 Å². The number of hydrogen-bond donors (Lipinski definition) is 1. The van der Waals surface area contributed by atoms with Crippen LogP contribution in [0, 0.1) is 0 Å². The molecule has 0 atom stereocenters. The van der Waals surface area contributed by atoms with Crippen LogP contribution in [0.25, 0.3) is 21.5 Å². The van der Waals surface area contributed by atoms with Gasteiger partial charge in [-0.2, -0.15) is 0 Å². The molecule has 1 aromatic carbocycles. The van der Waals surface area contributed by atoms with Gasteiger partial charge < -0.3 is 5.11 Å². The van der Waals surface area contributed by atoms with E-state index in [1.807, 2.05) is 17.5 Å². The maximum atomic E-state index is 11.4. The molecule has 0 amide bonds. The first-order valence-electron chi connectivity index (χ1n) is 5.63. The zero-order valence-electron chi connectivity index (χ0n) is 9.93. The number of carboxylic acid groups (broad SMARTS) is 1. The molecule has 0 aliphatic heterocycles. The SMILES string of the molecule is O=C(O)c1cc(-c2cccs2)nc2c(Cl)cc(Cl)cc12. The molecule has 6 heteroatoms. The van der Waals surface area contributed by atoms with Gasteiger partial charge in [0.05, 0.1) is 26.7 Å². The fourth-order valence-electron chi connectivity index (χ4n) is 1.98. The Morgan fingerprint density at radius 1 is 1.25 bits per heavy atom. The fourth-order valence-corrected chi connectivity index (χ4v) is 3.20. The summed E-state index contributed by atoms with van der Waals surface area (Å²) in [4.78, 5) is 16.8. The lowest BCUT2D eigenvalue weighted by Crippen LogP contribution is -2.00. The molecule has 0 saturated heterocycles. The number of aromatic carboxylic acids is 1. The van der Waals surface area contributed by atoms with Crippen LogP contribution in [0.2, 0.25) is 10.0 Å². The Labute approximate surface area is 128 Å². The Kier molecular flexibility index (Phi) is 3.38. The molecule has 2 aromatic heterocycles. The summed E-state index contributed by atoms with van der Waals surface area (Å²) >= 11 is 13.6. The van der Waals surface area contributed by atoms with E-state index in [2.05, 4.69) is 4.98 Å². The zero-order chi connectivity index (χ0) is 14.3. The van der Waals surface area contributed by atoms with Crippen LogP contribution in [0.3, 0.4) is 0 Å². The molecule has 1 N–H and O–H groups in total. The number of nitrogens with zero attached hydrogens (tertiary/aromatic N) is 1. The smallest absolute Gasteiger partial charge is 0.336 e. The minimum absolute atomic E-state index is 0.141. The highest BCUT2D eigenvalue weighted by atomic mass is 35.5. The van der Waals surface area contributed by atoms with Gasteiger partial charge in [0.15, 0.2) is 0 Å². The minimum Gasteiger partial charge on any atom is -0.478 e. The Hall–Kier alpha value is -1.62. The van der Waals surface area contributed by atoms with Crippen molar-refractivity contribution in [2.75, 3.05) is 0 Å². The zero-order valence-corrected chi connectivity index (χ0v) is 12.3. The number of aromatic nitrogens is 1. The molecule has 0 saturated carbocycles. The molecular formula is C14H7Cl2NO2S. The molecule has 2 heterocycles. The highest BCUT2D eigenvalue weighted by Crippen LogP contribution is 2.33. The molecule has 0 bridgehead atoms. The molecule has 0 aliphatic rings. The first-order chi connectivity index (χ1) is 9.56. The topological polar surface area (TPSA) is 50.2 Å². The largest absolute Gasteiger partial charge is 0.478 e. The van der Waals surface area contributed by atoms with Gasteiger partial charge in [0, 0.05) is 10.4 Å². The number of hydrogen-bond acceptors (Lipinski definition) is 3. The average molecular weight is 324 g/mol. The van der Waals surface area contributed by atoms with Crippen molar-refractivity contribution >= 4 is 51.4 Å². The fraction of sp³-hybridized carbons (Fsp3) is 0. The van der Waals surface area contributed by atoms with Gasteiger partial charge in [-0.15, -0.1) is 11.3 Å². The van der Waals surface area contributed by atoms with Crippen molar-refractivity contribution in [1.82, 2.24) is 4.98 Å². The molecule has 0 radical (unpaired) electrons. The van der Waals surface area contributed by atoms with E-state index in [0.29, 0.717) is 26.6 Å². The lowest BCUT2D eigenvalue weighted by molar-refractivity contribution is 0.0699. The number of fused-ring (bicyclic) bond motifs is 1. The standard InChI is InChI=1S/C14H7Cl2NO2S/c15-7-4-8-9(14(18)19)6-11(12-2-1-3-20-12)17-13(8)10(16)5-7/h1-6H,(H,18,19). The summed E-state index contributed by atoms with van der Waals surface area (Å²) < 4.78 is 0. The van der Waals surface area contributed by atoms with Crippen LogP contribution < -0.4 is 0 Å².